The fourth-order valence-electron chi connectivity index (χ4n) is 3.08. The largest absolute Gasteiger partial charge is 0.497 e. The highest BCUT2D eigenvalue weighted by molar-refractivity contribution is 6.00. The lowest BCUT2D eigenvalue weighted by Crippen LogP contribution is -2.48. The van der Waals surface area contributed by atoms with Crippen LogP contribution in [0, 0.1) is 5.82 Å². The van der Waals surface area contributed by atoms with Crippen LogP contribution >= 0.6 is 0 Å². The molecule has 164 valence electrons. The maximum Gasteiger partial charge on any atom is 0.255 e. The molecule has 32 heavy (non-hydrogen) atoms. The second kappa shape index (κ2) is 9.01. The van der Waals surface area contributed by atoms with Crippen molar-refractivity contribution in [3.63, 3.8) is 0 Å². The molecule has 0 bridgehead atoms. The molecule has 1 heterocycles. The van der Waals surface area contributed by atoms with Gasteiger partial charge in [0.25, 0.3) is 5.91 Å². The lowest BCUT2D eigenvalue weighted by molar-refractivity contribution is -0.124. The summed E-state index contributed by atoms with van der Waals surface area (Å²) >= 11 is 0. The maximum atomic E-state index is 14.0. The first-order valence-electron chi connectivity index (χ1n) is 9.95. The minimum Gasteiger partial charge on any atom is -0.497 e. The van der Waals surface area contributed by atoms with Gasteiger partial charge in [-0.1, -0.05) is 12.1 Å². The molecule has 2 aromatic carbocycles. The number of halogens is 1. The predicted octanol–water partition coefficient (Wildman–Crippen LogP) is 3.00. The summed E-state index contributed by atoms with van der Waals surface area (Å²) in [6.45, 7) is 0.280. The van der Waals surface area contributed by atoms with Gasteiger partial charge in [0, 0.05) is 25.0 Å². The van der Waals surface area contributed by atoms with Gasteiger partial charge >= 0.3 is 0 Å². The highest BCUT2D eigenvalue weighted by atomic mass is 19.1. The molecule has 0 unspecified atom stereocenters. The van der Waals surface area contributed by atoms with Crippen LogP contribution in [0.5, 0.6) is 17.2 Å². The van der Waals surface area contributed by atoms with Crippen LogP contribution in [0.25, 0.3) is 0 Å². The zero-order chi connectivity index (χ0) is 22.6. The number of ether oxygens (including phenoxy) is 2. The van der Waals surface area contributed by atoms with E-state index in [1.54, 1.807) is 30.3 Å². The molecule has 3 aromatic rings. The van der Waals surface area contributed by atoms with Gasteiger partial charge in [-0.05, 0) is 42.7 Å². The van der Waals surface area contributed by atoms with Crippen molar-refractivity contribution in [2.75, 3.05) is 7.11 Å². The molecule has 0 spiro atoms. The van der Waals surface area contributed by atoms with Crippen LogP contribution < -0.4 is 20.1 Å². The van der Waals surface area contributed by atoms with Crippen molar-refractivity contribution in [2.45, 2.75) is 24.9 Å². The molecule has 4 rings (SSSR count). The summed E-state index contributed by atoms with van der Waals surface area (Å²) in [7, 11) is 1.46. The molecular formula is C23H21FN4O4. The van der Waals surface area contributed by atoms with E-state index in [9.17, 15) is 14.0 Å². The minimum atomic E-state index is -0.901. The third kappa shape index (κ3) is 4.83. The van der Waals surface area contributed by atoms with Crippen LogP contribution in [0.2, 0.25) is 0 Å². The number of amides is 2. The van der Waals surface area contributed by atoms with Crippen LogP contribution in [-0.2, 0) is 11.3 Å². The first-order chi connectivity index (χ1) is 15.5. The van der Waals surface area contributed by atoms with E-state index in [2.05, 4.69) is 20.6 Å². The van der Waals surface area contributed by atoms with Gasteiger partial charge in [-0.2, -0.15) is 0 Å². The maximum absolute atomic E-state index is 14.0. The van der Waals surface area contributed by atoms with Crippen molar-refractivity contribution in [3.05, 3.63) is 78.1 Å². The summed E-state index contributed by atoms with van der Waals surface area (Å²) in [5.74, 6) is -0.210. The SMILES string of the molecule is COc1ccc(Oc2ccc(CNC(=O)C3(NC(=O)c4cncnc4)CC3)cc2)c(F)c1. The summed E-state index contributed by atoms with van der Waals surface area (Å²) in [6.07, 6.45) is 5.27. The molecule has 2 N–H and O–H groups in total. The third-order valence-electron chi connectivity index (χ3n) is 5.10. The summed E-state index contributed by atoms with van der Waals surface area (Å²) in [4.78, 5) is 32.6. The summed E-state index contributed by atoms with van der Waals surface area (Å²) in [5, 5.41) is 5.62. The molecule has 1 aromatic heterocycles. The Bertz CT molecular complexity index is 1120. The van der Waals surface area contributed by atoms with Crippen molar-refractivity contribution in [2.24, 2.45) is 0 Å². The first-order valence-corrected chi connectivity index (χ1v) is 9.95. The lowest BCUT2D eigenvalue weighted by atomic mass is 10.2. The highest BCUT2D eigenvalue weighted by Crippen LogP contribution is 2.36. The van der Waals surface area contributed by atoms with Crippen LogP contribution in [-0.4, -0.2) is 34.4 Å². The Morgan fingerprint density at radius 1 is 1.06 bits per heavy atom. The molecule has 0 radical (unpaired) electrons. The molecule has 9 heteroatoms. The van der Waals surface area contributed by atoms with E-state index in [1.807, 2.05) is 0 Å². The van der Waals surface area contributed by atoms with Gasteiger partial charge in [0.1, 0.15) is 23.4 Å². The fourth-order valence-corrected chi connectivity index (χ4v) is 3.08. The summed E-state index contributed by atoms with van der Waals surface area (Å²) in [5.41, 5.74) is 0.233. The Balaban J connectivity index is 1.31. The van der Waals surface area contributed by atoms with Gasteiger partial charge in [0.15, 0.2) is 11.6 Å². The smallest absolute Gasteiger partial charge is 0.255 e. The number of rotatable bonds is 8. The minimum absolute atomic E-state index is 0.0853. The Hall–Kier alpha value is -4.01. The molecule has 1 aliphatic carbocycles. The van der Waals surface area contributed by atoms with Crippen molar-refractivity contribution in [1.29, 1.82) is 0 Å². The predicted molar refractivity (Wildman–Crippen MR) is 113 cm³/mol. The van der Waals surface area contributed by atoms with E-state index >= 15 is 0 Å². The first kappa shape index (κ1) is 21.2. The number of carbonyl (C=O) groups is 2. The van der Waals surface area contributed by atoms with Crippen LogP contribution in [0.1, 0.15) is 28.8 Å². The zero-order valence-corrected chi connectivity index (χ0v) is 17.3. The van der Waals surface area contributed by atoms with E-state index in [-0.39, 0.29) is 24.1 Å². The second-order valence-electron chi connectivity index (χ2n) is 7.39. The average Bonchev–Trinajstić information content (AvgIpc) is 3.61. The molecule has 1 aliphatic rings. The van der Waals surface area contributed by atoms with E-state index in [0.29, 0.717) is 29.9 Å². The Morgan fingerprint density at radius 3 is 2.38 bits per heavy atom. The van der Waals surface area contributed by atoms with Crippen molar-refractivity contribution < 1.29 is 23.5 Å². The van der Waals surface area contributed by atoms with E-state index in [0.717, 1.165) is 5.56 Å². The standard InChI is InChI=1S/C23H21FN4O4/c1-31-18-6-7-20(19(24)10-18)32-17-4-2-15(3-5-17)11-27-22(30)23(8-9-23)28-21(29)16-12-25-14-26-13-16/h2-7,10,12-14H,8-9,11H2,1H3,(H,27,30)(H,28,29). The van der Waals surface area contributed by atoms with Gasteiger partial charge < -0.3 is 20.1 Å². The van der Waals surface area contributed by atoms with Gasteiger partial charge in [0.05, 0.1) is 12.7 Å². The quantitative estimate of drug-likeness (QED) is 0.563. The summed E-state index contributed by atoms with van der Waals surface area (Å²) < 4.78 is 24.6. The number of nitrogens with one attached hydrogen (secondary N) is 2. The number of aromatic nitrogens is 2. The topological polar surface area (TPSA) is 102 Å². The molecular weight excluding hydrogens is 415 g/mol. The average molecular weight is 436 g/mol. The van der Waals surface area contributed by atoms with Gasteiger partial charge in [0.2, 0.25) is 5.91 Å². The monoisotopic (exact) mass is 436 g/mol. The Morgan fingerprint density at radius 2 is 1.75 bits per heavy atom. The molecule has 0 aliphatic heterocycles. The Labute approximate surface area is 183 Å². The molecule has 0 atom stereocenters. The number of methoxy groups -OCH3 is 1. The van der Waals surface area contributed by atoms with Crippen molar-refractivity contribution in [3.8, 4) is 17.2 Å². The molecule has 2 amide bonds. The van der Waals surface area contributed by atoms with Crippen LogP contribution in [0.3, 0.4) is 0 Å². The van der Waals surface area contributed by atoms with E-state index in [1.165, 1.54) is 38.0 Å². The van der Waals surface area contributed by atoms with Gasteiger partial charge in [-0.15, -0.1) is 0 Å². The van der Waals surface area contributed by atoms with Gasteiger partial charge in [-0.25, -0.2) is 14.4 Å². The number of benzene rings is 2. The number of hydrogen-bond acceptors (Lipinski definition) is 6. The molecule has 0 saturated heterocycles. The third-order valence-corrected chi connectivity index (χ3v) is 5.10. The number of nitrogens with zero attached hydrogens (tertiary/aromatic N) is 2. The summed E-state index contributed by atoms with van der Waals surface area (Å²) in [6, 6.07) is 11.3. The van der Waals surface area contributed by atoms with E-state index < -0.39 is 11.4 Å². The van der Waals surface area contributed by atoms with Crippen molar-refractivity contribution in [1.82, 2.24) is 20.6 Å². The van der Waals surface area contributed by atoms with Crippen LogP contribution in [0.4, 0.5) is 4.39 Å². The fraction of sp³-hybridized carbons (Fsp3) is 0.217. The molecule has 8 nitrogen and oxygen atoms in total. The van der Waals surface area contributed by atoms with Crippen LogP contribution in [0.15, 0.2) is 61.2 Å². The van der Waals surface area contributed by atoms with E-state index in [4.69, 9.17) is 9.47 Å². The number of carbonyl (C=O) groups excluding carboxylic acids is 2. The van der Waals surface area contributed by atoms with Gasteiger partial charge in [-0.3, -0.25) is 9.59 Å². The highest BCUT2D eigenvalue weighted by Gasteiger charge is 2.51. The number of hydrogen-bond donors (Lipinski definition) is 2. The lowest BCUT2D eigenvalue weighted by Gasteiger charge is -2.17. The molecule has 1 saturated carbocycles. The zero-order valence-electron chi connectivity index (χ0n) is 17.3. The van der Waals surface area contributed by atoms with Crippen molar-refractivity contribution >= 4 is 11.8 Å². The normalized spacial score (nSPS) is 13.7. The Kier molecular flexibility index (Phi) is 5.98. The second-order valence-corrected chi connectivity index (χ2v) is 7.39. The molecule has 1 fully saturated rings.